The minimum Gasteiger partial charge on any atom is -0.340 e. The number of anilines is 2. The minimum atomic E-state index is -4.51. The molecule has 0 bridgehead atoms. The molecule has 0 aliphatic rings. The summed E-state index contributed by atoms with van der Waals surface area (Å²) >= 11 is 0. The van der Waals surface area contributed by atoms with Crippen molar-refractivity contribution < 1.29 is 26.4 Å². The molecule has 0 radical (unpaired) electrons. The van der Waals surface area contributed by atoms with Crippen LogP contribution in [0.15, 0.2) is 72.8 Å². The van der Waals surface area contributed by atoms with Crippen LogP contribution in [-0.4, -0.2) is 25.1 Å². The number of fused-ring (bicyclic) bond motifs is 1. The van der Waals surface area contributed by atoms with Gasteiger partial charge in [0.05, 0.1) is 23.0 Å². The predicted molar refractivity (Wildman–Crippen MR) is 126 cm³/mol. The quantitative estimate of drug-likeness (QED) is 0.391. The maximum Gasteiger partial charge on any atom is 0.417 e. The third-order valence-corrected chi connectivity index (χ3v) is 5.85. The van der Waals surface area contributed by atoms with E-state index in [0.29, 0.717) is 28.1 Å². The first-order chi connectivity index (χ1) is 15.9. The Hall–Kier alpha value is -3.79. The van der Waals surface area contributed by atoms with Crippen molar-refractivity contribution in [2.45, 2.75) is 6.18 Å². The first-order valence-corrected chi connectivity index (χ1v) is 12.0. The molecule has 0 atom stereocenters. The lowest BCUT2D eigenvalue weighted by atomic mass is 9.99. The number of sulfonamides is 1. The molecule has 34 heavy (non-hydrogen) atoms. The van der Waals surface area contributed by atoms with Crippen molar-refractivity contribution in [1.82, 2.24) is 4.57 Å². The van der Waals surface area contributed by atoms with Crippen molar-refractivity contribution in [1.29, 1.82) is 0 Å². The summed E-state index contributed by atoms with van der Waals surface area (Å²) in [6.07, 6.45) is -3.47. The second-order valence-corrected chi connectivity index (χ2v) is 9.56. The number of halogens is 3. The van der Waals surface area contributed by atoms with E-state index in [1.165, 1.54) is 24.3 Å². The van der Waals surface area contributed by atoms with E-state index in [9.17, 15) is 26.4 Å². The molecule has 0 unspecified atom stereocenters. The third-order valence-electron chi connectivity index (χ3n) is 5.25. The zero-order chi connectivity index (χ0) is 24.7. The number of benzene rings is 3. The predicted octanol–water partition coefficient (Wildman–Crippen LogP) is 5.49. The summed E-state index contributed by atoms with van der Waals surface area (Å²) in [5.41, 5.74) is 1.20. The van der Waals surface area contributed by atoms with E-state index in [1.54, 1.807) is 54.1 Å². The third kappa shape index (κ3) is 4.91. The number of carbonyl (C=O) groups excluding carboxylic acids is 1. The Kier molecular flexibility index (Phi) is 5.86. The van der Waals surface area contributed by atoms with Crippen molar-refractivity contribution >= 4 is 38.2 Å². The SMILES string of the molecule is Cn1c(C(=O)Nc2cccc(-c3ccccc3C(F)(F)F)c2)cc2ccc(NS(C)(=O)=O)cc21. The van der Waals surface area contributed by atoms with Gasteiger partial charge < -0.3 is 9.88 Å². The minimum absolute atomic E-state index is 0.0154. The summed E-state index contributed by atoms with van der Waals surface area (Å²) in [4.78, 5) is 13.0. The van der Waals surface area contributed by atoms with Gasteiger partial charge in [0.25, 0.3) is 5.91 Å². The van der Waals surface area contributed by atoms with Crippen LogP contribution < -0.4 is 10.0 Å². The second kappa shape index (κ2) is 8.53. The van der Waals surface area contributed by atoms with Gasteiger partial charge in [0.2, 0.25) is 10.0 Å². The average molecular weight is 488 g/mol. The van der Waals surface area contributed by atoms with Gasteiger partial charge in [0.15, 0.2) is 0 Å². The number of aromatic nitrogens is 1. The number of hydrogen-bond donors (Lipinski definition) is 2. The molecule has 2 N–H and O–H groups in total. The number of carbonyl (C=O) groups is 1. The van der Waals surface area contributed by atoms with Crippen LogP contribution in [0, 0.1) is 0 Å². The van der Waals surface area contributed by atoms with E-state index >= 15 is 0 Å². The highest BCUT2D eigenvalue weighted by Crippen LogP contribution is 2.37. The van der Waals surface area contributed by atoms with Crippen LogP contribution in [0.25, 0.3) is 22.0 Å². The Bertz CT molecular complexity index is 1510. The molecular weight excluding hydrogens is 467 g/mol. The molecule has 1 aromatic heterocycles. The van der Waals surface area contributed by atoms with Crippen LogP contribution in [0.5, 0.6) is 0 Å². The van der Waals surface area contributed by atoms with Gasteiger partial charge in [-0.15, -0.1) is 0 Å². The number of nitrogens with zero attached hydrogens (tertiary/aromatic N) is 1. The first kappa shape index (κ1) is 23.4. The molecule has 1 heterocycles. The van der Waals surface area contributed by atoms with E-state index in [4.69, 9.17) is 0 Å². The Labute approximate surface area is 194 Å². The highest BCUT2D eigenvalue weighted by atomic mass is 32.2. The zero-order valence-corrected chi connectivity index (χ0v) is 19.0. The Morgan fingerprint density at radius 3 is 2.35 bits per heavy atom. The molecule has 0 aliphatic carbocycles. The lowest BCUT2D eigenvalue weighted by Gasteiger charge is -2.14. The molecule has 0 fully saturated rings. The Morgan fingerprint density at radius 1 is 0.912 bits per heavy atom. The van der Waals surface area contributed by atoms with E-state index in [0.717, 1.165) is 17.7 Å². The lowest BCUT2D eigenvalue weighted by Crippen LogP contribution is -2.15. The number of aryl methyl sites for hydroxylation is 1. The standard InChI is InChI=1S/C24H20F3N3O3S/c1-30-21-14-18(29-34(2,32)33)11-10-16(21)13-22(30)23(31)28-17-7-5-6-15(12-17)19-8-3-4-9-20(19)24(25,26)27/h3-14,29H,1-2H3,(H,28,31). The molecule has 1 amide bonds. The fraction of sp³-hybridized carbons (Fsp3) is 0.125. The summed E-state index contributed by atoms with van der Waals surface area (Å²) in [5.74, 6) is -0.461. The highest BCUT2D eigenvalue weighted by Gasteiger charge is 2.33. The molecule has 3 aromatic carbocycles. The largest absolute Gasteiger partial charge is 0.417 e. The normalized spacial score (nSPS) is 12.0. The van der Waals surface area contributed by atoms with E-state index in [2.05, 4.69) is 10.0 Å². The molecule has 0 saturated heterocycles. The number of hydrogen-bond acceptors (Lipinski definition) is 3. The number of amides is 1. The van der Waals surface area contributed by atoms with Crippen molar-refractivity contribution in [3.63, 3.8) is 0 Å². The summed E-state index contributed by atoms with van der Waals surface area (Å²) < 4.78 is 67.3. The van der Waals surface area contributed by atoms with Gasteiger partial charge in [0.1, 0.15) is 5.69 Å². The molecule has 10 heteroatoms. The van der Waals surface area contributed by atoms with Crippen molar-refractivity contribution in [2.75, 3.05) is 16.3 Å². The summed E-state index contributed by atoms with van der Waals surface area (Å²) in [6.45, 7) is 0. The Morgan fingerprint density at radius 2 is 1.65 bits per heavy atom. The molecule has 0 saturated carbocycles. The van der Waals surface area contributed by atoms with Crippen LogP contribution in [0.2, 0.25) is 0 Å². The van der Waals surface area contributed by atoms with E-state index in [1.807, 2.05) is 0 Å². The van der Waals surface area contributed by atoms with E-state index in [-0.39, 0.29) is 5.56 Å². The van der Waals surface area contributed by atoms with Crippen molar-refractivity contribution in [3.8, 4) is 11.1 Å². The number of rotatable bonds is 5. The number of nitrogens with one attached hydrogen (secondary N) is 2. The fourth-order valence-electron chi connectivity index (χ4n) is 3.77. The maximum atomic E-state index is 13.4. The van der Waals surface area contributed by atoms with E-state index < -0.39 is 27.7 Å². The van der Waals surface area contributed by atoms with Gasteiger partial charge in [0, 0.05) is 18.1 Å². The fourth-order valence-corrected chi connectivity index (χ4v) is 4.32. The molecule has 0 aliphatic heterocycles. The lowest BCUT2D eigenvalue weighted by molar-refractivity contribution is -0.137. The van der Waals surface area contributed by atoms with Gasteiger partial charge in [-0.2, -0.15) is 13.2 Å². The molecule has 4 rings (SSSR count). The maximum absolute atomic E-state index is 13.4. The molecule has 6 nitrogen and oxygen atoms in total. The van der Waals surface area contributed by atoms with Crippen molar-refractivity contribution in [2.24, 2.45) is 7.05 Å². The summed E-state index contributed by atoms with van der Waals surface area (Å²) in [6, 6.07) is 18.0. The van der Waals surface area contributed by atoms with Gasteiger partial charge >= 0.3 is 6.18 Å². The molecular formula is C24H20F3N3O3S. The van der Waals surface area contributed by atoms with Crippen molar-refractivity contribution in [3.05, 3.63) is 84.1 Å². The van der Waals surface area contributed by atoms with Crippen LogP contribution >= 0.6 is 0 Å². The van der Waals surface area contributed by atoms with Crippen LogP contribution in [0.1, 0.15) is 16.1 Å². The van der Waals surface area contributed by atoms with Gasteiger partial charge in [-0.05, 0) is 47.5 Å². The second-order valence-electron chi connectivity index (χ2n) is 7.81. The zero-order valence-electron chi connectivity index (χ0n) is 18.1. The summed E-state index contributed by atoms with van der Waals surface area (Å²) in [5, 5.41) is 3.45. The first-order valence-electron chi connectivity index (χ1n) is 10.1. The van der Waals surface area contributed by atoms with Crippen LogP contribution in [0.3, 0.4) is 0 Å². The monoisotopic (exact) mass is 487 g/mol. The van der Waals surface area contributed by atoms with Gasteiger partial charge in [-0.3, -0.25) is 9.52 Å². The average Bonchev–Trinajstić information content (AvgIpc) is 3.08. The highest BCUT2D eigenvalue weighted by molar-refractivity contribution is 7.92. The molecule has 4 aromatic rings. The molecule has 176 valence electrons. The molecule has 0 spiro atoms. The summed E-state index contributed by atoms with van der Waals surface area (Å²) in [7, 11) is -1.79. The van der Waals surface area contributed by atoms with Gasteiger partial charge in [-0.25, -0.2) is 8.42 Å². The number of alkyl halides is 3. The topological polar surface area (TPSA) is 80.2 Å². The van der Waals surface area contributed by atoms with Crippen LogP contribution in [-0.2, 0) is 23.2 Å². The van der Waals surface area contributed by atoms with Crippen LogP contribution in [0.4, 0.5) is 24.5 Å². The Balaban J connectivity index is 1.64. The smallest absolute Gasteiger partial charge is 0.340 e. The van der Waals surface area contributed by atoms with Gasteiger partial charge in [-0.1, -0.05) is 36.4 Å².